The van der Waals surface area contributed by atoms with E-state index in [4.69, 9.17) is 18.9 Å². The number of ether oxygens (including phenoxy) is 4. The maximum absolute atomic E-state index is 13.1. The van der Waals surface area contributed by atoms with E-state index in [-0.39, 0.29) is 12.7 Å². The number of hydrogen-bond acceptors (Lipinski definition) is 7. The first kappa shape index (κ1) is 18.7. The summed E-state index contributed by atoms with van der Waals surface area (Å²) in [5.41, 5.74) is 1.98. The molecule has 1 N–H and O–H groups in total. The first-order chi connectivity index (χ1) is 14.6. The van der Waals surface area contributed by atoms with E-state index in [9.17, 15) is 4.79 Å². The standard InChI is InChI=1S/C22H20N2O5S/c1-26-14-4-5-15(18(10-14)27-2)16-11-30-21(23-16)24-20(25)22(7-8-22)13-3-6-17-19(9-13)29-12-28-17/h3-6,9-11H,7-8,12H2,1-2H3,(H,23,24,25). The number of carbonyl (C=O) groups is 1. The number of nitrogens with zero attached hydrogens (tertiary/aromatic N) is 1. The lowest BCUT2D eigenvalue weighted by atomic mass is 9.94. The molecule has 8 heteroatoms. The van der Waals surface area contributed by atoms with Crippen molar-refractivity contribution in [3.8, 4) is 34.3 Å². The lowest BCUT2D eigenvalue weighted by Gasteiger charge is -2.15. The Labute approximate surface area is 177 Å². The number of fused-ring (bicyclic) bond motifs is 1. The predicted octanol–water partition coefficient (Wildman–Crippen LogP) is 4.23. The lowest BCUT2D eigenvalue weighted by molar-refractivity contribution is -0.118. The molecule has 2 aromatic carbocycles. The third-order valence-electron chi connectivity index (χ3n) is 5.52. The van der Waals surface area contributed by atoms with E-state index in [0.29, 0.717) is 28.1 Å². The van der Waals surface area contributed by atoms with Crippen molar-refractivity contribution in [2.75, 3.05) is 26.3 Å². The van der Waals surface area contributed by atoms with Crippen molar-refractivity contribution >= 4 is 22.4 Å². The van der Waals surface area contributed by atoms with Crippen molar-refractivity contribution in [3.05, 3.63) is 47.3 Å². The zero-order valence-corrected chi connectivity index (χ0v) is 17.4. The van der Waals surface area contributed by atoms with Crippen LogP contribution < -0.4 is 24.3 Å². The molecule has 0 spiro atoms. The highest BCUT2D eigenvalue weighted by atomic mass is 32.1. The van der Waals surface area contributed by atoms with Gasteiger partial charge in [-0.1, -0.05) is 6.07 Å². The van der Waals surface area contributed by atoms with E-state index < -0.39 is 5.41 Å². The highest BCUT2D eigenvalue weighted by Crippen LogP contribution is 2.51. The van der Waals surface area contributed by atoms with Gasteiger partial charge in [0, 0.05) is 17.0 Å². The zero-order valence-electron chi connectivity index (χ0n) is 16.6. The van der Waals surface area contributed by atoms with E-state index in [0.717, 1.165) is 29.7 Å². The largest absolute Gasteiger partial charge is 0.497 e. The summed E-state index contributed by atoms with van der Waals surface area (Å²) in [7, 11) is 3.22. The van der Waals surface area contributed by atoms with Gasteiger partial charge in [0.1, 0.15) is 11.5 Å². The molecule has 1 fully saturated rings. The summed E-state index contributed by atoms with van der Waals surface area (Å²) < 4.78 is 21.6. The van der Waals surface area contributed by atoms with Crippen LogP contribution in [-0.2, 0) is 10.2 Å². The van der Waals surface area contributed by atoms with Gasteiger partial charge >= 0.3 is 0 Å². The molecule has 2 aliphatic rings. The monoisotopic (exact) mass is 424 g/mol. The van der Waals surface area contributed by atoms with Gasteiger partial charge in [-0.15, -0.1) is 11.3 Å². The molecule has 7 nitrogen and oxygen atoms in total. The Kier molecular flexibility index (Phi) is 4.51. The summed E-state index contributed by atoms with van der Waals surface area (Å²) in [6.07, 6.45) is 1.59. The highest BCUT2D eigenvalue weighted by molar-refractivity contribution is 7.14. The van der Waals surface area contributed by atoms with Gasteiger partial charge in [-0.05, 0) is 42.7 Å². The number of nitrogens with one attached hydrogen (secondary N) is 1. The minimum atomic E-state index is -0.537. The maximum atomic E-state index is 13.1. The summed E-state index contributed by atoms with van der Waals surface area (Å²) in [5.74, 6) is 2.72. The van der Waals surface area contributed by atoms with Gasteiger partial charge in [0.25, 0.3) is 0 Å². The molecule has 1 saturated carbocycles. The quantitative estimate of drug-likeness (QED) is 0.638. The van der Waals surface area contributed by atoms with Crippen molar-refractivity contribution in [2.45, 2.75) is 18.3 Å². The lowest BCUT2D eigenvalue weighted by Crippen LogP contribution is -2.27. The van der Waals surface area contributed by atoms with E-state index in [1.54, 1.807) is 14.2 Å². The first-order valence-corrected chi connectivity index (χ1v) is 10.4. The number of hydrogen-bond donors (Lipinski definition) is 1. The summed E-state index contributed by atoms with van der Waals surface area (Å²) in [6.45, 7) is 0.217. The number of methoxy groups -OCH3 is 2. The molecule has 30 heavy (non-hydrogen) atoms. The maximum Gasteiger partial charge on any atom is 0.236 e. The van der Waals surface area contributed by atoms with E-state index in [2.05, 4.69) is 10.3 Å². The molecule has 0 bridgehead atoms. The Hall–Kier alpha value is -3.26. The molecular formula is C22H20N2O5S. The molecule has 1 amide bonds. The minimum Gasteiger partial charge on any atom is -0.497 e. The molecule has 1 aromatic heterocycles. The van der Waals surface area contributed by atoms with Crippen LogP contribution in [-0.4, -0.2) is 31.9 Å². The average molecular weight is 424 g/mol. The van der Waals surface area contributed by atoms with Gasteiger partial charge in [-0.25, -0.2) is 4.98 Å². The highest BCUT2D eigenvalue weighted by Gasteiger charge is 2.52. The molecule has 0 unspecified atom stereocenters. The molecule has 2 heterocycles. The predicted molar refractivity (Wildman–Crippen MR) is 113 cm³/mol. The second kappa shape index (κ2) is 7.21. The van der Waals surface area contributed by atoms with Crippen LogP contribution in [0.2, 0.25) is 0 Å². The fourth-order valence-electron chi connectivity index (χ4n) is 3.65. The number of benzene rings is 2. The van der Waals surface area contributed by atoms with Gasteiger partial charge in [0.15, 0.2) is 16.6 Å². The fourth-order valence-corrected chi connectivity index (χ4v) is 4.35. The van der Waals surface area contributed by atoms with Crippen molar-refractivity contribution in [1.29, 1.82) is 0 Å². The topological polar surface area (TPSA) is 78.9 Å². The number of anilines is 1. The molecule has 1 aliphatic heterocycles. The van der Waals surface area contributed by atoms with Crippen LogP contribution in [0.15, 0.2) is 41.8 Å². The molecule has 3 aromatic rings. The number of carbonyl (C=O) groups excluding carboxylic acids is 1. The summed E-state index contributed by atoms with van der Waals surface area (Å²) in [6, 6.07) is 11.3. The van der Waals surface area contributed by atoms with Crippen LogP contribution in [0.1, 0.15) is 18.4 Å². The second-order valence-electron chi connectivity index (χ2n) is 7.21. The molecule has 5 rings (SSSR count). The average Bonchev–Trinajstić information content (AvgIpc) is 3.24. The van der Waals surface area contributed by atoms with Gasteiger partial charge in [0.05, 0.1) is 25.3 Å². The normalized spacial score (nSPS) is 15.5. The molecule has 0 radical (unpaired) electrons. The third-order valence-corrected chi connectivity index (χ3v) is 6.28. The Morgan fingerprint density at radius 3 is 2.70 bits per heavy atom. The summed E-state index contributed by atoms with van der Waals surface area (Å²) in [4.78, 5) is 17.7. The van der Waals surface area contributed by atoms with E-state index >= 15 is 0 Å². The van der Waals surface area contributed by atoms with E-state index in [1.165, 1.54) is 11.3 Å². The van der Waals surface area contributed by atoms with Gasteiger partial charge in [-0.2, -0.15) is 0 Å². The Bertz CT molecular complexity index is 1120. The van der Waals surface area contributed by atoms with E-state index in [1.807, 2.05) is 41.8 Å². The number of rotatable bonds is 6. The van der Waals surface area contributed by atoms with Crippen LogP contribution in [0.5, 0.6) is 23.0 Å². The van der Waals surface area contributed by atoms with Crippen molar-refractivity contribution in [2.24, 2.45) is 0 Å². The molecular weight excluding hydrogens is 404 g/mol. The smallest absolute Gasteiger partial charge is 0.236 e. The SMILES string of the molecule is COc1ccc(-c2csc(NC(=O)C3(c4ccc5c(c4)OCO5)CC3)n2)c(OC)c1. The van der Waals surface area contributed by atoms with Crippen molar-refractivity contribution < 1.29 is 23.7 Å². The second-order valence-corrected chi connectivity index (χ2v) is 8.07. The van der Waals surface area contributed by atoms with Crippen LogP contribution in [0.25, 0.3) is 11.3 Å². The summed E-state index contributed by atoms with van der Waals surface area (Å²) >= 11 is 1.39. The third kappa shape index (κ3) is 3.13. The van der Waals surface area contributed by atoms with Crippen LogP contribution >= 0.6 is 11.3 Å². The van der Waals surface area contributed by atoms with Crippen LogP contribution in [0.3, 0.4) is 0 Å². The molecule has 0 saturated heterocycles. The van der Waals surface area contributed by atoms with Crippen LogP contribution in [0.4, 0.5) is 5.13 Å². The first-order valence-electron chi connectivity index (χ1n) is 9.52. The van der Waals surface area contributed by atoms with Crippen molar-refractivity contribution in [3.63, 3.8) is 0 Å². The minimum absolute atomic E-state index is 0.0519. The zero-order chi connectivity index (χ0) is 20.7. The Balaban J connectivity index is 1.36. The van der Waals surface area contributed by atoms with Gasteiger partial charge in [-0.3, -0.25) is 4.79 Å². The van der Waals surface area contributed by atoms with Gasteiger partial charge < -0.3 is 24.3 Å². The number of aromatic nitrogens is 1. The fraction of sp³-hybridized carbons (Fsp3) is 0.273. The summed E-state index contributed by atoms with van der Waals surface area (Å²) in [5, 5.41) is 5.45. The molecule has 154 valence electrons. The van der Waals surface area contributed by atoms with Crippen molar-refractivity contribution in [1.82, 2.24) is 4.98 Å². The molecule has 0 atom stereocenters. The Morgan fingerprint density at radius 2 is 1.93 bits per heavy atom. The number of amides is 1. The molecule has 1 aliphatic carbocycles. The van der Waals surface area contributed by atoms with Gasteiger partial charge in [0.2, 0.25) is 12.7 Å². The Morgan fingerprint density at radius 1 is 1.10 bits per heavy atom. The van der Waals surface area contributed by atoms with Crippen LogP contribution in [0, 0.1) is 0 Å². The number of thiazole rings is 1.